The first-order valence-electron chi connectivity index (χ1n) is 4.67. The zero-order valence-corrected chi connectivity index (χ0v) is 8.58. The average molecular weight is 215 g/mol. The molecule has 0 aliphatic rings. The van der Waals surface area contributed by atoms with Crippen LogP contribution in [0.3, 0.4) is 0 Å². The number of aromatic nitrogens is 3. The number of benzene rings is 1. The minimum absolute atomic E-state index is 0.293. The van der Waals surface area contributed by atoms with Crippen LogP contribution in [0.5, 0.6) is 0 Å². The van der Waals surface area contributed by atoms with E-state index >= 15 is 0 Å². The van der Waals surface area contributed by atoms with E-state index in [1.54, 1.807) is 0 Å². The summed E-state index contributed by atoms with van der Waals surface area (Å²) in [6.45, 7) is 1.98. The highest BCUT2D eigenvalue weighted by atomic mass is 16.4. The second kappa shape index (κ2) is 4.06. The summed E-state index contributed by atoms with van der Waals surface area (Å²) in [5.41, 5.74) is 2.46. The van der Waals surface area contributed by atoms with Crippen LogP contribution in [-0.2, 0) is 0 Å². The van der Waals surface area contributed by atoms with Crippen molar-refractivity contribution in [3.05, 3.63) is 41.9 Å². The number of hydrogen-bond donors (Lipinski definition) is 1. The van der Waals surface area contributed by atoms with Gasteiger partial charge in [0.25, 0.3) is 5.82 Å². The van der Waals surface area contributed by atoms with Crippen molar-refractivity contribution in [1.82, 2.24) is 15.2 Å². The Morgan fingerprint density at radius 1 is 1.25 bits per heavy atom. The molecule has 0 aliphatic heterocycles. The summed E-state index contributed by atoms with van der Waals surface area (Å²) >= 11 is 0. The molecular weight excluding hydrogens is 206 g/mol. The van der Waals surface area contributed by atoms with Gasteiger partial charge < -0.3 is 5.11 Å². The van der Waals surface area contributed by atoms with Gasteiger partial charge in [0, 0.05) is 5.56 Å². The number of nitrogens with zero attached hydrogens (tertiary/aromatic N) is 3. The third kappa shape index (κ3) is 2.03. The minimum Gasteiger partial charge on any atom is -0.475 e. The molecule has 1 heterocycles. The van der Waals surface area contributed by atoms with Gasteiger partial charge in [-0.05, 0) is 6.92 Å². The van der Waals surface area contributed by atoms with E-state index in [0.717, 1.165) is 11.1 Å². The molecule has 5 nitrogen and oxygen atoms in total. The van der Waals surface area contributed by atoms with E-state index in [9.17, 15) is 4.79 Å². The topological polar surface area (TPSA) is 76.0 Å². The van der Waals surface area contributed by atoms with Crippen molar-refractivity contribution in [1.29, 1.82) is 0 Å². The van der Waals surface area contributed by atoms with Crippen LogP contribution < -0.4 is 0 Å². The first-order chi connectivity index (χ1) is 7.66. The van der Waals surface area contributed by atoms with Crippen molar-refractivity contribution >= 4 is 5.97 Å². The molecule has 0 saturated heterocycles. The Balaban J connectivity index is 2.44. The number of aromatic carboxylic acids is 1. The first-order valence-corrected chi connectivity index (χ1v) is 4.67. The fourth-order valence-corrected chi connectivity index (χ4v) is 1.26. The lowest BCUT2D eigenvalue weighted by Gasteiger charge is -2.00. The first kappa shape index (κ1) is 10.2. The summed E-state index contributed by atoms with van der Waals surface area (Å²) < 4.78 is 0. The second-order valence-electron chi connectivity index (χ2n) is 3.34. The Bertz CT molecular complexity index is 523. The molecule has 0 saturated carbocycles. The summed E-state index contributed by atoms with van der Waals surface area (Å²) in [7, 11) is 0. The molecule has 1 aromatic carbocycles. The van der Waals surface area contributed by atoms with Crippen molar-refractivity contribution in [2.24, 2.45) is 0 Å². The monoisotopic (exact) mass is 215 g/mol. The van der Waals surface area contributed by atoms with Gasteiger partial charge in [0.05, 0.1) is 11.9 Å². The molecule has 0 aliphatic carbocycles. The predicted molar refractivity (Wildman–Crippen MR) is 57.0 cm³/mol. The molecule has 0 radical (unpaired) electrons. The number of rotatable bonds is 2. The number of carboxylic acids is 1. The molecule has 80 valence electrons. The minimum atomic E-state index is -1.18. The van der Waals surface area contributed by atoms with E-state index in [1.165, 1.54) is 6.20 Å². The summed E-state index contributed by atoms with van der Waals surface area (Å²) in [6, 6.07) is 7.59. The second-order valence-corrected chi connectivity index (χ2v) is 3.34. The molecule has 1 aromatic heterocycles. The molecule has 1 N–H and O–H groups in total. The van der Waals surface area contributed by atoms with Crippen LogP contribution in [0.4, 0.5) is 0 Å². The maximum atomic E-state index is 10.7. The van der Waals surface area contributed by atoms with Crippen LogP contribution in [0.25, 0.3) is 11.3 Å². The smallest absolute Gasteiger partial charge is 0.375 e. The quantitative estimate of drug-likeness (QED) is 0.822. The molecule has 0 atom stereocenters. The fraction of sp³-hybridized carbons (Fsp3) is 0.0909. The van der Waals surface area contributed by atoms with E-state index in [1.807, 2.05) is 31.2 Å². The van der Waals surface area contributed by atoms with Gasteiger partial charge in [-0.15, -0.1) is 5.10 Å². The molecule has 0 amide bonds. The van der Waals surface area contributed by atoms with Crippen LogP contribution in [-0.4, -0.2) is 26.3 Å². The molecule has 0 spiro atoms. The Hall–Kier alpha value is -2.30. The Morgan fingerprint density at radius 2 is 1.94 bits per heavy atom. The van der Waals surface area contributed by atoms with Crippen LogP contribution >= 0.6 is 0 Å². The fourth-order valence-electron chi connectivity index (χ4n) is 1.26. The molecule has 0 unspecified atom stereocenters. The maximum absolute atomic E-state index is 10.7. The van der Waals surface area contributed by atoms with E-state index in [4.69, 9.17) is 5.11 Å². The van der Waals surface area contributed by atoms with Crippen LogP contribution in [0.1, 0.15) is 16.2 Å². The van der Waals surface area contributed by atoms with E-state index < -0.39 is 5.97 Å². The van der Waals surface area contributed by atoms with Gasteiger partial charge in [-0.1, -0.05) is 29.8 Å². The summed E-state index contributed by atoms with van der Waals surface area (Å²) in [4.78, 5) is 14.6. The Labute approximate surface area is 91.8 Å². The SMILES string of the molecule is Cc1ccc(-c2cnnc(C(=O)O)n2)cc1. The lowest BCUT2D eigenvalue weighted by molar-refractivity contribution is 0.0682. The highest BCUT2D eigenvalue weighted by Gasteiger charge is 2.09. The van der Waals surface area contributed by atoms with Gasteiger partial charge >= 0.3 is 5.97 Å². The molecule has 16 heavy (non-hydrogen) atoms. The molecule has 0 fully saturated rings. The number of hydrogen-bond acceptors (Lipinski definition) is 4. The van der Waals surface area contributed by atoms with E-state index in [2.05, 4.69) is 15.2 Å². The normalized spacial score (nSPS) is 10.1. The van der Waals surface area contributed by atoms with Crippen molar-refractivity contribution in [2.75, 3.05) is 0 Å². The highest BCUT2D eigenvalue weighted by Crippen LogP contribution is 2.15. The number of carboxylic acid groups (broad SMARTS) is 1. The van der Waals surface area contributed by atoms with Crippen molar-refractivity contribution in [3.63, 3.8) is 0 Å². The van der Waals surface area contributed by atoms with Gasteiger partial charge in [0.2, 0.25) is 0 Å². The number of aryl methyl sites for hydroxylation is 1. The predicted octanol–water partition coefficient (Wildman–Crippen LogP) is 1.55. The van der Waals surface area contributed by atoms with Crippen molar-refractivity contribution < 1.29 is 9.90 Å². The summed E-state index contributed by atoms with van der Waals surface area (Å²) in [6.07, 6.45) is 1.44. The lowest BCUT2D eigenvalue weighted by atomic mass is 10.1. The van der Waals surface area contributed by atoms with Gasteiger partial charge in [-0.2, -0.15) is 5.10 Å². The Morgan fingerprint density at radius 3 is 2.56 bits per heavy atom. The molecule has 2 rings (SSSR count). The lowest BCUT2D eigenvalue weighted by Crippen LogP contribution is -2.06. The standard InChI is InChI=1S/C11H9N3O2/c1-7-2-4-8(5-3-7)9-6-12-14-10(13-9)11(15)16/h2-6H,1H3,(H,15,16). The zero-order valence-electron chi connectivity index (χ0n) is 8.58. The van der Waals surface area contributed by atoms with Gasteiger partial charge in [0.1, 0.15) is 0 Å². The van der Waals surface area contributed by atoms with Crippen molar-refractivity contribution in [2.45, 2.75) is 6.92 Å². The summed E-state index contributed by atoms with van der Waals surface area (Å²) in [5, 5.41) is 15.8. The summed E-state index contributed by atoms with van der Waals surface area (Å²) in [5.74, 6) is -1.47. The van der Waals surface area contributed by atoms with Crippen molar-refractivity contribution in [3.8, 4) is 11.3 Å². The molecule has 2 aromatic rings. The largest absolute Gasteiger partial charge is 0.475 e. The average Bonchev–Trinajstić information content (AvgIpc) is 2.30. The number of carbonyl (C=O) groups is 1. The highest BCUT2D eigenvalue weighted by molar-refractivity contribution is 5.83. The van der Waals surface area contributed by atoms with Crippen LogP contribution in [0.15, 0.2) is 30.5 Å². The Kier molecular flexibility index (Phi) is 2.59. The molecule has 5 heteroatoms. The van der Waals surface area contributed by atoms with Gasteiger partial charge in [0.15, 0.2) is 0 Å². The van der Waals surface area contributed by atoms with Gasteiger partial charge in [-0.25, -0.2) is 9.78 Å². The zero-order chi connectivity index (χ0) is 11.5. The van der Waals surface area contributed by atoms with E-state index in [-0.39, 0.29) is 5.82 Å². The van der Waals surface area contributed by atoms with Crippen LogP contribution in [0.2, 0.25) is 0 Å². The van der Waals surface area contributed by atoms with Crippen LogP contribution in [0, 0.1) is 6.92 Å². The third-order valence-electron chi connectivity index (χ3n) is 2.10. The maximum Gasteiger partial charge on any atom is 0.375 e. The van der Waals surface area contributed by atoms with Gasteiger partial charge in [-0.3, -0.25) is 0 Å². The molecule has 0 bridgehead atoms. The third-order valence-corrected chi connectivity index (χ3v) is 2.10. The van der Waals surface area contributed by atoms with E-state index in [0.29, 0.717) is 5.69 Å². The molecular formula is C11H9N3O2.